The van der Waals surface area contributed by atoms with Gasteiger partial charge in [0.15, 0.2) is 0 Å². The number of aromatic nitrogens is 1. The Bertz CT molecular complexity index is 436. The molecule has 5 heteroatoms. The number of piperidine rings is 1. The number of piperazine rings is 1. The molecule has 0 N–H and O–H groups in total. The van der Waals surface area contributed by atoms with Gasteiger partial charge in [0.2, 0.25) is 0 Å². The third kappa shape index (κ3) is 1.75. The Morgan fingerprint density at radius 1 is 1.17 bits per heavy atom. The topological polar surface area (TPSA) is 28.6 Å². The fraction of sp³-hybridized carbons (Fsp3) is 0.615. The zero-order valence-corrected chi connectivity index (χ0v) is 12.3. The lowest BCUT2D eigenvalue weighted by Gasteiger charge is -2.60. The van der Waals surface area contributed by atoms with Gasteiger partial charge in [-0.25, -0.2) is 4.98 Å². The molecule has 0 radical (unpaired) electrons. The molecule has 4 saturated heterocycles. The highest BCUT2D eigenvalue weighted by Crippen LogP contribution is 2.37. The zero-order valence-electron chi connectivity index (χ0n) is 10.1. The molecule has 0 aliphatic carbocycles. The van der Waals surface area contributed by atoms with Crippen molar-refractivity contribution < 1.29 is 4.74 Å². The van der Waals surface area contributed by atoms with Crippen LogP contribution in [0.5, 0.6) is 0 Å². The molecule has 5 heterocycles. The average Bonchev–Trinajstić information content (AvgIpc) is 2.34. The Hall–Kier alpha value is -0.400. The highest BCUT2D eigenvalue weighted by Gasteiger charge is 2.49. The predicted octanol–water partition coefficient (Wildman–Crippen LogP) is 1.35. The van der Waals surface area contributed by atoms with Gasteiger partial charge in [0, 0.05) is 34.9 Å². The molecule has 1 aromatic rings. The summed E-state index contributed by atoms with van der Waals surface area (Å²) < 4.78 is 6.51. The summed E-state index contributed by atoms with van der Waals surface area (Å²) in [5, 5.41) is 0. The number of halogens is 1. The highest BCUT2D eigenvalue weighted by atomic mass is 127. The Kier molecular flexibility index (Phi) is 2.74. The van der Waals surface area contributed by atoms with E-state index < -0.39 is 0 Å². The Morgan fingerprint density at radius 3 is 2.50 bits per heavy atom. The second-order valence-corrected chi connectivity index (χ2v) is 6.67. The maximum atomic E-state index is 5.31. The number of hydrogen-bond donors (Lipinski definition) is 0. The fourth-order valence-electron chi connectivity index (χ4n) is 3.37. The molecule has 2 atom stereocenters. The molecule has 0 amide bonds. The smallest absolute Gasteiger partial charge is 0.128 e. The number of nitrogens with zero attached hydrogens (tertiary/aromatic N) is 3. The van der Waals surface area contributed by atoms with Gasteiger partial charge in [0.05, 0.1) is 19.3 Å². The van der Waals surface area contributed by atoms with E-state index in [0.717, 1.165) is 44.2 Å². The largest absolute Gasteiger partial charge is 0.378 e. The molecule has 0 aromatic carbocycles. The molecule has 4 aliphatic rings. The quantitative estimate of drug-likeness (QED) is 0.748. The highest BCUT2D eigenvalue weighted by molar-refractivity contribution is 14.1. The summed E-state index contributed by atoms with van der Waals surface area (Å²) in [5.41, 5.74) is 0. The summed E-state index contributed by atoms with van der Waals surface area (Å²) in [5.74, 6) is 1.13. The van der Waals surface area contributed by atoms with E-state index in [1.165, 1.54) is 9.99 Å². The molecule has 2 unspecified atom stereocenters. The molecular formula is C13H16IN3O. The van der Waals surface area contributed by atoms with Crippen molar-refractivity contribution in [3.63, 3.8) is 0 Å². The standard InChI is InChI=1S/C13H16IN3O/c14-9-1-2-13(15-4-9)16-5-10-3-11(6-16)17(10)12-7-18-8-12/h1-2,4,10-12H,3,5-8H2. The van der Waals surface area contributed by atoms with Crippen molar-refractivity contribution in [2.75, 3.05) is 31.2 Å². The van der Waals surface area contributed by atoms with Crippen LogP contribution in [-0.4, -0.2) is 54.3 Å². The van der Waals surface area contributed by atoms with Crippen molar-refractivity contribution in [2.24, 2.45) is 0 Å². The van der Waals surface area contributed by atoms with Crippen molar-refractivity contribution in [2.45, 2.75) is 24.5 Å². The normalized spacial score (nSPS) is 31.9. The van der Waals surface area contributed by atoms with Crippen molar-refractivity contribution >= 4 is 28.4 Å². The van der Waals surface area contributed by atoms with Crippen molar-refractivity contribution in [1.82, 2.24) is 9.88 Å². The number of anilines is 1. The Labute approximate surface area is 120 Å². The number of hydrogen-bond acceptors (Lipinski definition) is 4. The van der Waals surface area contributed by atoms with Crippen LogP contribution in [0.1, 0.15) is 6.42 Å². The van der Waals surface area contributed by atoms with E-state index in [9.17, 15) is 0 Å². The third-order valence-corrected chi connectivity index (χ3v) is 4.97. The van der Waals surface area contributed by atoms with Crippen molar-refractivity contribution in [1.29, 1.82) is 0 Å². The van der Waals surface area contributed by atoms with Crippen LogP contribution in [0.3, 0.4) is 0 Å². The van der Waals surface area contributed by atoms with E-state index >= 15 is 0 Å². The van der Waals surface area contributed by atoms with Gasteiger partial charge in [-0.1, -0.05) is 0 Å². The average molecular weight is 357 g/mol. The van der Waals surface area contributed by atoms with Gasteiger partial charge in [0.1, 0.15) is 5.82 Å². The first-order chi connectivity index (χ1) is 8.81. The van der Waals surface area contributed by atoms with Crippen LogP contribution in [0.15, 0.2) is 18.3 Å². The van der Waals surface area contributed by atoms with E-state index in [0.29, 0.717) is 6.04 Å². The molecule has 2 bridgehead atoms. The van der Waals surface area contributed by atoms with E-state index in [4.69, 9.17) is 4.74 Å². The van der Waals surface area contributed by atoms with Gasteiger partial charge in [-0.3, -0.25) is 4.90 Å². The Morgan fingerprint density at radius 2 is 1.94 bits per heavy atom. The molecule has 4 aliphatic heterocycles. The lowest BCUT2D eigenvalue weighted by Crippen LogP contribution is -2.74. The minimum Gasteiger partial charge on any atom is -0.378 e. The maximum absolute atomic E-state index is 5.31. The van der Waals surface area contributed by atoms with Gasteiger partial charge in [-0.15, -0.1) is 0 Å². The summed E-state index contributed by atoms with van der Waals surface area (Å²) in [4.78, 5) is 9.64. The van der Waals surface area contributed by atoms with Crippen LogP contribution in [0.25, 0.3) is 0 Å². The van der Waals surface area contributed by atoms with E-state index in [2.05, 4.69) is 49.5 Å². The van der Waals surface area contributed by atoms with E-state index in [1.54, 1.807) is 0 Å². The first-order valence-corrected chi connectivity index (χ1v) is 7.61. The number of ether oxygens (including phenoxy) is 1. The molecule has 0 saturated carbocycles. The third-order valence-electron chi connectivity index (χ3n) is 4.33. The number of rotatable bonds is 2. The first-order valence-electron chi connectivity index (χ1n) is 6.53. The second-order valence-electron chi connectivity index (χ2n) is 5.42. The van der Waals surface area contributed by atoms with Gasteiger partial charge < -0.3 is 9.64 Å². The zero-order chi connectivity index (χ0) is 12.1. The van der Waals surface area contributed by atoms with Gasteiger partial charge >= 0.3 is 0 Å². The minimum atomic E-state index is 0.695. The fourth-order valence-corrected chi connectivity index (χ4v) is 3.69. The lowest BCUT2D eigenvalue weighted by molar-refractivity contribution is -0.141. The molecule has 0 spiro atoms. The van der Waals surface area contributed by atoms with Crippen LogP contribution >= 0.6 is 22.6 Å². The number of fused-ring (bicyclic) bond motifs is 2. The van der Waals surface area contributed by atoms with Gasteiger partial charge in [-0.05, 0) is 41.1 Å². The summed E-state index contributed by atoms with van der Waals surface area (Å²) in [6, 6.07) is 6.42. The summed E-state index contributed by atoms with van der Waals surface area (Å²) in [6.07, 6.45) is 3.31. The first kappa shape index (κ1) is 11.4. The van der Waals surface area contributed by atoms with E-state index in [1.807, 2.05) is 6.20 Å². The van der Waals surface area contributed by atoms with Crippen LogP contribution in [0.2, 0.25) is 0 Å². The van der Waals surface area contributed by atoms with E-state index in [-0.39, 0.29) is 0 Å². The van der Waals surface area contributed by atoms with Gasteiger partial charge in [-0.2, -0.15) is 0 Å². The monoisotopic (exact) mass is 357 g/mol. The van der Waals surface area contributed by atoms with Crippen LogP contribution in [0.4, 0.5) is 5.82 Å². The van der Waals surface area contributed by atoms with Crippen LogP contribution in [-0.2, 0) is 4.74 Å². The van der Waals surface area contributed by atoms with Crippen LogP contribution < -0.4 is 4.90 Å². The molecule has 4 fully saturated rings. The second kappa shape index (κ2) is 4.31. The SMILES string of the molecule is Ic1ccc(N2CC3CC(C2)N3C2COC2)nc1. The predicted molar refractivity (Wildman–Crippen MR) is 77.8 cm³/mol. The molecule has 1 aromatic heterocycles. The van der Waals surface area contributed by atoms with Crippen molar-refractivity contribution in [3.05, 3.63) is 21.9 Å². The Balaban J connectivity index is 1.47. The molecule has 5 rings (SSSR count). The number of pyridine rings is 1. The molecular weight excluding hydrogens is 341 g/mol. The molecule has 96 valence electrons. The summed E-state index contributed by atoms with van der Waals surface area (Å²) in [6.45, 7) is 4.13. The lowest BCUT2D eigenvalue weighted by atomic mass is 9.85. The summed E-state index contributed by atoms with van der Waals surface area (Å²) in [7, 11) is 0. The van der Waals surface area contributed by atoms with Crippen LogP contribution in [0, 0.1) is 3.57 Å². The minimum absolute atomic E-state index is 0.695. The molecule has 18 heavy (non-hydrogen) atoms. The maximum Gasteiger partial charge on any atom is 0.128 e. The van der Waals surface area contributed by atoms with Crippen molar-refractivity contribution in [3.8, 4) is 0 Å². The summed E-state index contributed by atoms with van der Waals surface area (Å²) >= 11 is 2.30. The van der Waals surface area contributed by atoms with Gasteiger partial charge in [0.25, 0.3) is 0 Å². The molecule has 4 nitrogen and oxygen atoms in total.